The van der Waals surface area contributed by atoms with Crippen LogP contribution in [0.2, 0.25) is 5.02 Å². The minimum Gasteiger partial charge on any atom is -0.492 e. The SMILES string of the molecule is CC1(C(=O)NCCOc2ccc(Cl)cc2)CCCC1. The fourth-order valence-corrected chi connectivity index (χ4v) is 2.59. The average molecular weight is 282 g/mol. The molecule has 0 radical (unpaired) electrons. The number of amides is 1. The van der Waals surface area contributed by atoms with E-state index in [-0.39, 0.29) is 11.3 Å². The van der Waals surface area contributed by atoms with E-state index < -0.39 is 0 Å². The van der Waals surface area contributed by atoms with Crippen LogP contribution in [0.1, 0.15) is 32.6 Å². The van der Waals surface area contributed by atoms with Crippen molar-refractivity contribution in [1.29, 1.82) is 0 Å². The van der Waals surface area contributed by atoms with Crippen molar-refractivity contribution in [2.45, 2.75) is 32.6 Å². The van der Waals surface area contributed by atoms with Crippen molar-refractivity contribution in [2.24, 2.45) is 5.41 Å². The van der Waals surface area contributed by atoms with Crippen LogP contribution in [0.3, 0.4) is 0 Å². The second-order valence-corrected chi connectivity index (χ2v) is 5.76. The van der Waals surface area contributed by atoms with E-state index in [1.54, 1.807) is 12.1 Å². The molecule has 2 rings (SSSR count). The van der Waals surface area contributed by atoms with Crippen LogP contribution in [-0.4, -0.2) is 19.1 Å². The minimum absolute atomic E-state index is 0.157. The molecule has 0 aliphatic heterocycles. The van der Waals surface area contributed by atoms with Crippen molar-refractivity contribution < 1.29 is 9.53 Å². The maximum atomic E-state index is 12.0. The molecule has 0 saturated heterocycles. The molecule has 0 unspecified atom stereocenters. The predicted molar refractivity (Wildman–Crippen MR) is 76.5 cm³/mol. The van der Waals surface area contributed by atoms with Crippen LogP contribution < -0.4 is 10.1 Å². The fraction of sp³-hybridized carbons (Fsp3) is 0.533. The Bertz CT molecular complexity index is 424. The first kappa shape index (κ1) is 14.2. The first-order valence-corrected chi connectivity index (χ1v) is 7.15. The lowest BCUT2D eigenvalue weighted by molar-refractivity contribution is -0.130. The molecule has 19 heavy (non-hydrogen) atoms. The van der Waals surface area contributed by atoms with Gasteiger partial charge in [-0.15, -0.1) is 0 Å². The Balaban J connectivity index is 1.69. The smallest absolute Gasteiger partial charge is 0.226 e. The highest BCUT2D eigenvalue weighted by molar-refractivity contribution is 6.30. The Morgan fingerprint density at radius 1 is 1.32 bits per heavy atom. The van der Waals surface area contributed by atoms with Crippen LogP contribution in [0.4, 0.5) is 0 Å². The van der Waals surface area contributed by atoms with Crippen molar-refractivity contribution in [3.05, 3.63) is 29.3 Å². The number of carbonyl (C=O) groups excluding carboxylic acids is 1. The number of hydrogen-bond acceptors (Lipinski definition) is 2. The zero-order valence-electron chi connectivity index (χ0n) is 11.2. The summed E-state index contributed by atoms with van der Waals surface area (Å²) in [5.41, 5.74) is -0.166. The Hall–Kier alpha value is -1.22. The molecule has 104 valence electrons. The number of hydrogen-bond donors (Lipinski definition) is 1. The molecular weight excluding hydrogens is 262 g/mol. The first-order chi connectivity index (χ1) is 9.10. The molecule has 0 spiro atoms. The normalized spacial score (nSPS) is 17.2. The van der Waals surface area contributed by atoms with E-state index in [1.807, 2.05) is 12.1 Å². The molecule has 0 heterocycles. The molecule has 3 nitrogen and oxygen atoms in total. The second-order valence-electron chi connectivity index (χ2n) is 5.33. The van der Waals surface area contributed by atoms with Gasteiger partial charge in [0, 0.05) is 10.4 Å². The predicted octanol–water partition coefficient (Wildman–Crippen LogP) is 3.42. The lowest BCUT2D eigenvalue weighted by Crippen LogP contribution is -2.39. The first-order valence-electron chi connectivity index (χ1n) is 6.77. The van der Waals surface area contributed by atoms with Crippen molar-refractivity contribution >= 4 is 17.5 Å². The molecule has 1 aromatic carbocycles. The van der Waals surface area contributed by atoms with E-state index in [1.165, 1.54) is 0 Å². The summed E-state index contributed by atoms with van der Waals surface area (Å²) in [6.07, 6.45) is 4.31. The Labute approximate surface area is 119 Å². The monoisotopic (exact) mass is 281 g/mol. The van der Waals surface area contributed by atoms with Gasteiger partial charge in [-0.2, -0.15) is 0 Å². The zero-order chi connectivity index (χ0) is 13.7. The van der Waals surface area contributed by atoms with Crippen molar-refractivity contribution in [1.82, 2.24) is 5.32 Å². The summed E-state index contributed by atoms with van der Waals surface area (Å²) in [6.45, 7) is 3.07. The third-order valence-corrected chi connectivity index (χ3v) is 3.98. The highest BCUT2D eigenvalue weighted by Gasteiger charge is 2.35. The van der Waals surface area contributed by atoms with Gasteiger partial charge in [0.05, 0.1) is 6.54 Å². The van der Waals surface area contributed by atoms with Gasteiger partial charge in [-0.3, -0.25) is 4.79 Å². The zero-order valence-corrected chi connectivity index (χ0v) is 12.0. The van der Waals surface area contributed by atoms with Gasteiger partial charge in [0.25, 0.3) is 0 Å². The van der Waals surface area contributed by atoms with Gasteiger partial charge in [-0.1, -0.05) is 31.4 Å². The van der Waals surface area contributed by atoms with E-state index in [4.69, 9.17) is 16.3 Å². The quantitative estimate of drug-likeness (QED) is 0.840. The summed E-state index contributed by atoms with van der Waals surface area (Å²) in [6, 6.07) is 7.22. The molecule has 4 heteroatoms. The Morgan fingerprint density at radius 2 is 1.95 bits per heavy atom. The largest absolute Gasteiger partial charge is 0.492 e. The molecule has 1 aromatic rings. The molecule has 1 fully saturated rings. The van der Waals surface area contributed by atoms with Crippen molar-refractivity contribution in [3.63, 3.8) is 0 Å². The lowest BCUT2D eigenvalue weighted by Gasteiger charge is -2.22. The molecule has 1 saturated carbocycles. The summed E-state index contributed by atoms with van der Waals surface area (Å²) in [5, 5.41) is 3.65. The van der Waals surface area contributed by atoms with Gasteiger partial charge in [0.1, 0.15) is 12.4 Å². The van der Waals surface area contributed by atoms with Crippen molar-refractivity contribution in [2.75, 3.05) is 13.2 Å². The highest BCUT2D eigenvalue weighted by atomic mass is 35.5. The minimum atomic E-state index is -0.166. The summed E-state index contributed by atoms with van der Waals surface area (Å²) in [5.74, 6) is 0.926. The summed E-state index contributed by atoms with van der Waals surface area (Å²) in [4.78, 5) is 12.0. The number of carbonyl (C=O) groups is 1. The molecule has 0 bridgehead atoms. The van der Waals surface area contributed by atoms with Crippen LogP contribution in [0.5, 0.6) is 5.75 Å². The molecule has 1 N–H and O–H groups in total. The maximum absolute atomic E-state index is 12.0. The van der Waals surface area contributed by atoms with E-state index in [9.17, 15) is 4.79 Å². The van der Waals surface area contributed by atoms with Gasteiger partial charge in [-0.25, -0.2) is 0 Å². The molecule has 0 atom stereocenters. The van der Waals surface area contributed by atoms with Crippen LogP contribution >= 0.6 is 11.6 Å². The maximum Gasteiger partial charge on any atom is 0.226 e. The molecule has 1 aliphatic carbocycles. The van der Waals surface area contributed by atoms with E-state index in [2.05, 4.69) is 12.2 Å². The van der Waals surface area contributed by atoms with Gasteiger partial charge in [0.2, 0.25) is 5.91 Å². The third-order valence-electron chi connectivity index (χ3n) is 3.73. The van der Waals surface area contributed by atoms with Crippen molar-refractivity contribution in [3.8, 4) is 5.75 Å². The third kappa shape index (κ3) is 3.87. The van der Waals surface area contributed by atoms with Gasteiger partial charge < -0.3 is 10.1 Å². The van der Waals surface area contributed by atoms with Crippen LogP contribution in [-0.2, 0) is 4.79 Å². The number of benzene rings is 1. The highest BCUT2D eigenvalue weighted by Crippen LogP contribution is 2.37. The number of rotatable bonds is 5. The number of nitrogens with one attached hydrogen (secondary N) is 1. The fourth-order valence-electron chi connectivity index (χ4n) is 2.46. The molecular formula is C15H20ClNO2. The Kier molecular flexibility index (Phi) is 4.70. The topological polar surface area (TPSA) is 38.3 Å². The number of halogens is 1. The summed E-state index contributed by atoms with van der Waals surface area (Å²) < 4.78 is 5.53. The molecule has 1 amide bonds. The summed E-state index contributed by atoms with van der Waals surface area (Å²) >= 11 is 5.79. The van der Waals surface area contributed by atoms with Crippen LogP contribution in [0, 0.1) is 5.41 Å². The van der Waals surface area contributed by atoms with Gasteiger partial charge >= 0.3 is 0 Å². The molecule has 1 aliphatic rings. The summed E-state index contributed by atoms with van der Waals surface area (Å²) in [7, 11) is 0. The number of ether oxygens (including phenoxy) is 1. The van der Waals surface area contributed by atoms with Crippen LogP contribution in [0.25, 0.3) is 0 Å². The standard InChI is InChI=1S/C15H20ClNO2/c1-15(8-2-3-9-15)14(18)17-10-11-19-13-6-4-12(16)5-7-13/h4-7H,2-3,8-11H2,1H3,(H,17,18). The van der Waals surface area contributed by atoms with E-state index >= 15 is 0 Å². The second kappa shape index (κ2) is 6.29. The van der Waals surface area contributed by atoms with E-state index in [0.717, 1.165) is 31.4 Å². The van der Waals surface area contributed by atoms with Gasteiger partial charge in [-0.05, 0) is 37.1 Å². The molecule has 0 aromatic heterocycles. The van der Waals surface area contributed by atoms with Crippen LogP contribution in [0.15, 0.2) is 24.3 Å². The Morgan fingerprint density at radius 3 is 2.58 bits per heavy atom. The lowest BCUT2D eigenvalue weighted by atomic mass is 9.88. The van der Waals surface area contributed by atoms with E-state index in [0.29, 0.717) is 18.2 Å². The average Bonchev–Trinajstić information content (AvgIpc) is 2.85. The van der Waals surface area contributed by atoms with Gasteiger partial charge in [0.15, 0.2) is 0 Å².